The Morgan fingerprint density at radius 3 is 2.10 bits per heavy atom. The van der Waals surface area contributed by atoms with E-state index >= 15 is 0 Å². The maximum atomic E-state index is 12.7. The van der Waals surface area contributed by atoms with Gasteiger partial charge in [-0.15, -0.1) is 0 Å². The van der Waals surface area contributed by atoms with Crippen molar-refractivity contribution in [3.8, 4) is 0 Å². The molecule has 0 bridgehead atoms. The largest absolute Gasteiger partial charge is 0.481 e. The van der Waals surface area contributed by atoms with E-state index in [2.05, 4.69) is 53.5 Å². The summed E-state index contributed by atoms with van der Waals surface area (Å²) >= 11 is 1.15. The van der Waals surface area contributed by atoms with Crippen LogP contribution in [0.2, 0.25) is 0 Å². The first-order chi connectivity index (χ1) is 31.6. The normalized spacial score (nSPS) is 19.3. The van der Waals surface area contributed by atoms with Crippen molar-refractivity contribution in [2.24, 2.45) is 5.41 Å². The molecule has 3 heterocycles. The zero-order valence-corrected chi connectivity index (χ0v) is 43.7. The molecule has 0 radical (unpaired) electrons. The molecule has 7 atom stereocenters. The number of hydrogen-bond donors (Lipinski definition) is 12. The molecule has 1 aliphatic rings. The van der Waals surface area contributed by atoms with Crippen LogP contribution in [0.5, 0.6) is 0 Å². The fourth-order valence-electron chi connectivity index (χ4n) is 6.71. The lowest BCUT2D eigenvalue weighted by Gasteiger charge is -2.30. The smallest absolute Gasteiger partial charge is 0.386 e. The van der Waals surface area contributed by atoms with E-state index in [0.717, 1.165) is 73.9 Å². The van der Waals surface area contributed by atoms with Gasteiger partial charge in [0.05, 0.1) is 19.5 Å². The highest BCUT2D eigenvalue weighted by atomic mass is 32.2. The summed E-state index contributed by atoms with van der Waals surface area (Å²) in [5, 5.41) is 26.7. The number of rotatable bonds is 34. The standard InChI is InChI=1S/C39H68N7O17P3S.3H3N/c1-4-5-6-7-8-9-10-11-12-13-14-15-16-17-18-19-30(48)67-23-22-41-29(47)20-21-42-37(51)34(50)39(2,3)25-60-66(57,58)63-65(55,56)59-24-28-33(62-64(52,53)54)32(49)38(61-28)46-27-45-31-35(40)43-26-44-36(31)46;;;/h11-12,26-28,32-34,38,49-50H,4-10,13-25H2,1-3H3,(H,41,47)(H,42,51)(H,55,56)(H,57,58)(H2,40,43,44)(H2,52,53,54);3*1H3/b12-11-;;;/t28-,32?,33+,34+,38-;;;/m1.../s1. The van der Waals surface area contributed by atoms with Gasteiger partial charge in [0.25, 0.3) is 0 Å². The number of nitrogens with one attached hydrogen (secondary N) is 2. The van der Waals surface area contributed by atoms with E-state index in [1.807, 2.05) is 0 Å². The molecule has 3 unspecified atom stereocenters. The molecule has 0 aromatic carbocycles. The number of phosphoric acid groups is 3. The number of aliphatic hydroxyl groups excluding tert-OH is 2. The van der Waals surface area contributed by atoms with Crippen molar-refractivity contribution in [3.63, 3.8) is 0 Å². The Bertz CT molecular complexity index is 2050. The first-order valence-corrected chi connectivity index (χ1v) is 27.8. The van der Waals surface area contributed by atoms with Crippen LogP contribution in [0, 0.1) is 5.41 Å². The third-order valence-electron chi connectivity index (χ3n) is 10.4. The van der Waals surface area contributed by atoms with E-state index in [1.54, 1.807) is 0 Å². The number of ether oxygens (including phenoxy) is 1. The highest BCUT2D eigenvalue weighted by Crippen LogP contribution is 2.61. The van der Waals surface area contributed by atoms with Crippen molar-refractivity contribution < 1.29 is 80.5 Å². The minimum atomic E-state index is -5.58. The Balaban J connectivity index is 0.0000159. The van der Waals surface area contributed by atoms with Gasteiger partial charge in [-0.1, -0.05) is 96.1 Å². The molecule has 1 saturated heterocycles. The molecule has 0 saturated carbocycles. The number of allylic oxidation sites excluding steroid dienone is 2. The predicted molar refractivity (Wildman–Crippen MR) is 262 cm³/mol. The second-order valence-electron chi connectivity index (χ2n) is 16.6. The number of thioether (sulfide) groups is 1. The minimum Gasteiger partial charge on any atom is -0.386 e. The van der Waals surface area contributed by atoms with Gasteiger partial charge in [-0.3, -0.25) is 32.5 Å². The van der Waals surface area contributed by atoms with Crippen LogP contribution in [0.3, 0.4) is 0 Å². The van der Waals surface area contributed by atoms with Crippen LogP contribution in [0.4, 0.5) is 5.82 Å². The van der Waals surface area contributed by atoms with Crippen LogP contribution in [0.15, 0.2) is 24.8 Å². The van der Waals surface area contributed by atoms with Gasteiger partial charge in [-0.05, 0) is 32.1 Å². The highest BCUT2D eigenvalue weighted by Gasteiger charge is 2.50. The number of aliphatic hydroxyl groups is 2. The maximum Gasteiger partial charge on any atom is 0.481 e. The molecule has 19 N–H and O–H groups in total. The Kier molecular flexibility index (Phi) is 31.8. The average molecular weight is 1080 g/mol. The first-order valence-electron chi connectivity index (χ1n) is 22.3. The zero-order valence-electron chi connectivity index (χ0n) is 40.2. The summed E-state index contributed by atoms with van der Waals surface area (Å²) < 4.78 is 62.4. The van der Waals surface area contributed by atoms with E-state index in [0.29, 0.717) is 12.2 Å². The van der Waals surface area contributed by atoms with Crippen molar-refractivity contribution in [2.45, 2.75) is 148 Å². The van der Waals surface area contributed by atoms with Crippen molar-refractivity contribution in [3.05, 3.63) is 24.8 Å². The fourth-order valence-corrected chi connectivity index (χ4v) is 10.3. The predicted octanol–water partition coefficient (Wildman–Crippen LogP) is 5.19. The van der Waals surface area contributed by atoms with E-state index < -0.39 is 84.6 Å². The zero-order chi connectivity index (χ0) is 49.7. The van der Waals surface area contributed by atoms with Gasteiger partial charge in [0.1, 0.15) is 36.3 Å². The van der Waals surface area contributed by atoms with Crippen LogP contribution in [0.1, 0.15) is 123 Å². The van der Waals surface area contributed by atoms with Crippen molar-refractivity contribution >= 4 is 69.1 Å². The number of aromatic nitrogens is 4. The molecule has 406 valence electrons. The molecular weight excluding hydrogens is 1010 g/mol. The van der Waals surface area contributed by atoms with Gasteiger partial charge in [-0.25, -0.2) is 28.6 Å². The number of nitrogens with two attached hydrogens (primary N) is 1. The molecule has 2 aromatic heterocycles. The van der Waals surface area contributed by atoms with E-state index in [1.165, 1.54) is 52.4 Å². The molecule has 1 fully saturated rings. The highest BCUT2D eigenvalue weighted by molar-refractivity contribution is 8.13. The SMILES string of the molecule is CCCCCCCC/C=C\CCCCCCCC(=O)SCCNC(=O)CCNC(=O)[C@H](O)C(C)(C)COP(=O)(O)OP(=O)(O)OC[C@H]1O[C@@H](n2cnc3c(N)ncnc32)C(O)[C@H]1OP(=O)(O)O.N.N.N. The number of fused-ring (bicyclic) bond motifs is 1. The maximum absolute atomic E-state index is 12.7. The number of nitrogens with zero attached hydrogens (tertiary/aromatic N) is 4. The molecule has 2 aromatic rings. The Morgan fingerprint density at radius 1 is 0.871 bits per heavy atom. The number of carbonyl (C=O) groups excluding carboxylic acids is 3. The molecule has 3 rings (SSSR count). The summed E-state index contributed by atoms with van der Waals surface area (Å²) in [7, 11) is -16.4. The van der Waals surface area contributed by atoms with Crippen molar-refractivity contribution in [2.75, 3.05) is 37.8 Å². The third-order valence-corrected chi connectivity index (χ3v) is 14.4. The molecule has 2 amide bonds. The summed E-state index contributed by atoms with van der Waals surface area (Å²) in [4.78, 5) is 88.3. The Hall–Kier alpha value is -2.82. The van der Waals surface area contributed by atoms with E-state index in [4.69, 9.17) is 19.5 Å². The van der Waals surface area contributed by atoms with Crippen LogP contribution >= 0.6 is 35.2 Å². The lowest BCUT2D eigenvalue weighted by Crippen LogP contribution is -2.46. The number of amides is 2. The number of nitrogen functional groups attached to an aromatic ring is 1. The quantitative estimate of drug-likeness (QED) is 0.0244. The van der Waals surface area contributed by atoms with E-state index in [9.17, 15) is 57.9 Å². The number of anilines is 1. The van der Waals surface area contributed by atoms with Gasteiger partial charge < -0.3 is 69.3 Å². The summed E-state index contributed by atoms with van der Waals surface area (Å²) in [5.41, 5.74) is 4.29. The van der Waals surface area contributed by atoms with Crippen molar-refractivity contribution in [1.82, 2.24) is 48.6 Å². The van der Waals surface area contributed by atoms with Gasteiger partial charge >= 0.3 is 23.5 Å². The van der Waals surface area contributed by atoms with E-state index in [-0.39, 0.29) is 60.1 Å². The molecule has 1 aliphatic heterocycles. The molecule has 0 aliphatic carbocycles. The van der Waals surface area contributed by atoms with Crippen LogP contribution < -0.4 is 34.8 Å². The number of phosphoric ester groups is 3. The Labute approximate surface area is 412 Å². The lowest BCUT2D eigenvalue weighted by atomic mass is 9.87. The first kappa shape index (κ1) is 67.2. The minimum absolute atomic E-state index is 0. The third kappa shape index (κ3) is 24.7. The second kappa shape index (κ2) is 33.1. The molecule has 31 heteroatoms. The molecule has 0 spiro atoms. The summed E-state index contributed by atoms with van der Waals surface area (Å²) in [6, 6.07) is 0. The molecular formula is C39H77N10O17P3S. The monoisotopic (exact) mass is 1080 g/mol. The lowest BCUT2D eigenvalue weighted by molar-refractivity contribution is -0.137. The number of hydrogen-bond acceptors (Lipinski definition) is 21. The van der Waals surface area contributed by atoms with Crippen LogP contribution in [-0.4, -0.2) is 123 Å². The summed E-state index contributed by atoms with van der Waals surface area (Å²) in [6.45, 7) is 2.79. The topological polar surface area (TPSA) is 469 Å². The number of unbranched alkanes of at least 4 members (excludes halogenated alkanes) is 11. The fraction of sp³-hybridized carbons (Fsp3) is 0.744. The van der Waals surface area contributed by atoms with Crippen LogP contribution in [-0.2, 0) is 50.7 Å². The van der Waals surface area contributed by atoms with Crippen LogP contribution in [0.25, 0.3) is 11.2 Å². The molecule has 70 heavy (non-hydrogen) atoms. The summed E-state index contributed by atoms with van der Waals surface area (Å²) in [6.07, 6.45) is 13.5. The Morgan fingerprint density at radius 2 is 1.47 bits per heavy atom. The molecule has 27 nitrogen and oxygen atoms in total. The number of imidazole rings is 1. The van der Waals surface area contributed by atoms with Gasteiger partial charge in [-0.2, -0.15) is 4.31 Å². The summed E-state index contributed by atoms with van der Waals surface area (Å²) in [5.74, 6) is -1.03. The second-order valence-corrected chi connectivity index (χ2v) is 22.0. The van der Waals surface area contributed by atoms with Gasteiger partial charge in [0.15, 0.2) is 22.8 Å². The van der Waals surface area contributed by atoms with Gasteiger partial charge in [0.2, 0.25) is 11.8 Å². The average Bonchev–Trinajstić information content (AvgIpc) is 3.81. The number of carbonyl (C=O) groups is 3. The van der Waals surface area contributed by atoms with Gasteiger partial charge in [0, 0.05) is 37.1 Å². The van der Waals surface area contributed by atoms with Crippen molar-refractivity contribution in [1.29, 1.82) is 0 Å².